The highest BCUT2D eigenvalue weighted by atomic mass is 35.5. The molecule has 1 heterocycles. The van der Waals surface area contributed by atoms with Crippen LogP contribution >= 0.6 is 23.2 Å². The second-order valence-corrected chi connectivity index (χ2v) is 5.20. The molecule has 1 amide bonds. The molecule has 2 aromatic rings. The van der Waals surface area contributed by atoms with Crippen molar-refractivity contribution in [2.75, 3.05) is 6.61 Å². The third-order valence-corrected chi connectivity index (χ3v) is 3.46. The first-order valence-electron chi connectivity index (χ1n) is 6.45. The summed E-state index contributed by atoms with van der Waals surface area (Å²) in [4.78, 5) is 27.1. The number of nitrogens with one attached hydrogen (secondary N) is 1. The Labute approximate surface area is 141 Å². The van der Waals surface area contributed by atoms with Crippen molar-refractivity contribution in [2.45, 2.75) is 6.54 Å². The van der Waals surface area contributed by atoms with Crippen molar-refractivity contribution >= 4 is 35.1 Å². The number of halogens is 3. The molecular weight excluding hydrogens is 346 g/mol. The van der Waals surface area contributed by atoms with Crippen molar-refractivity contribution in [2.24, 2.45) is 0 Å². The van der Waals surface area contributed by atoms with E-state index in [1.54, 1.807) is 0 Å². The fraction of sp³-hybridized carbons (Fsp3) is 0.133. The molecule has 1 aromatic heterocycles. The summed E-state index contributed by atoms with van der Waals surface area (Å²) >= 11 is 11.6. The van der Waals surface area contributed by atoms with Crippen LogP contribution in [0.1, 0.15) is 15.9 Å². The van der Waals surface area contributed by atoms with Crippen LogP contribution < -0.4 is 5.32 Å². The van der Waals surface area contributed by atoms with Gasteiger partial charge in [0.1, 0.15) is 11.0 Å². The summed E-state index contributed by atoms with van der Waals surface area (Å²) in [6, 6.07) is 6.80. The SMILES string of the molecule is O=C(COC(=O)c1cccnc1Cl)NCc1ccc(F)cc1Cl. The number of carbonyl (C=O) groups excluding carboxylic acids is 2. The molecule has 0 spiro atoms. The van der Waals surface area contributed by atoms with E-state index in [1.807, 2.05) is 0 Å². The molecular formula is C15H11Cl2FN2O3. The van der Waals surface area contributed by atoms with Gasteiger partial charge in [0, 0.05) is 17.8 Å². The number of pyridine rings is 1. The highest BCUT2D eigenvalue weighted by molar-refractivity contribution is 6.32. The van der Waals surface area contributed by atoms with E-state index < -0.39 is 24.3 Å². The Hall–Kier alpha value is -2.18. The fourth-order valence-electron chi connectivity index (χ4n) is 1.66. The van der Waals surface area contributed by atoms with Gasteiger partial charge in [-0.1, -0.05) is 29.3 Å². The zero-order chi connectivity index (χ0) is 16.8. The number of carbonyl (C=O) groups is 2. The standard InChI is InChI=1S/C15H11Cl2FN2O3/c16-12-6-10(18)4-3-9(12)7-20-13(21)8-23-15(22)11-2-1-5-19-14(11)17/h1-6H,7-8H2,(H,20,21). The molecule has 0 bridgehead atoms. The molecule has 5 nitrogen and oxygen atoms in total. The summed E-state index contributed by atoms with van der Waals surface area (Å²) in [5.74, 6) is -1.75. The van der Waals surface area contributed by atoms with Crippen LogP contribution in [0.4, 0.5) is 4.39 Å². The highest BCUT2D eigenvalue weighted by Gasteiger charge is 2.14. The Morgan fingerprint density at radius 2 is 2.04 bits per heavy atom. The number of ether oxygens (including phenoxy) is 1. The second-order valence-electron chi connectivity index (χ2n) is 4.43. The Morgan fingerprint density at radius 1 is 1.26 bits per heavy atom. The Morgan fingerprint density at radius 3 is 2.74 bits per heavy atom. The largest absolute Gasteiger partial charge is 0.452 e. The van der Waals surface area contributed by atoms with Gasteiger partial charge in [0.15, 0.2) is 6.61 Å². The average molecular weight is 357 g/mol. The predicted octanol–water partition coefficient (Wildman–Crippen LogP) is 3.00. The lowest BCUT2D eigenvalue weighted by Crippen LogP contribution is -2.28. The van der Waals surface area contributed by atoms with Crippen molar-refractivity contribution in [1.82, 2.24) is 10.3 Å². The lowest BCUT2D eigenvalue weighted by Gasteiger charge is -2.08. The van der Waals surface area contributed by atoms with Crippen molar-refractivity contribution in [1.29, 1.82) is 0 Å². The van der Waals surface area contributed by atoms with E-state index in [4.69, 9.17) is 27.9 Å². The minimum atomic E-state index is -0.752. The smallest absolute Gasteiger partial charge is 0.341 e. The molecule has 120 valence electrons. The number of amides is 1. The maximum absolute atomic E-state index is 12.9. The lowest BCUT2D eigenvalue weighted by molar-refractivity contribution is -0.124. The first-order chi connectivity index (χ1) is 11.0. The van der Waals surface area contributed by atoms with Crippen LogP contribution in [0.25, 0.3) is 0 Å². The molecule has 0 saturated carbocycles. The molecule has 0 saturated heterocycles. The molecule has 8 heteroatoms. The van der Waals surface area contributed by atoms with Gasteiger partial charge in [-0.15, -0.1) is 0 Å². The Balaban J connectivity index is 1.83. The summed E-state index contributed by atoms with van der Waals surface area (Å²) in [5, 5.41) is 2.70. The van der Waals surface area contributed by atoms with Crippen molar-refractivity contribution in [3.63, 3.8) is 0 Å². The van der Waals surface area contributed by atoms with Crippen molar-refractivity contribution < 1.29 is 18.7 Å². The van der Waals surface area contributed by atoms with Gasteiger partial charge in [0.2, 0.25) is 0 Å². The number of esters is 1. The van der Waals surface area contributed by atoms with E-state index in [9.17, 15) is 14.0 Å². The van der Waals surface area contributed by atoms with E-state index in [-0.39, 0.29) is 22.3 Å². The van der Waals surface area contributed by atoms with Gasteiger partial charge >= 0.3 is 5.97 Å². The molecule has 0 unspecified atom stereocenters. The third kappa shape index (κ3) is 4.91. The summed E-state index contributed by atoms with van der Waals surface area (Å²) < 4.78 is 17.7. The van der Waals surface area contributed by atoms with Crippen LogP contribution in [-0.2, 0) is 16.1 Å². The quantitative estimate of drug-likeness (QED) is 0.660. The van der Waals surface area contributed by atoms with Gasteiger partial charge in [-0.3, -0.25) is 4.79 Å². The molecule has 1 aromatic carbocycles. The van der Waals surface area contributed by atoms with Crippen molar-refractivity contribution in [3.05, 3.63) is 63.6 Å². The first kappa shape index (κ1) is 17.2. The van der Waals surface area contributed by atoms with Gasteiger partial charge < -0.3 is 10.1 Å². The van der Waals surface area contributed by atoms with Crippen LogP contribution in [0, 0.1) is 5.82 Å². The van der Waals surface area contributed by atoms with Gasteiger partial charge in [0.05, 0.1) is 5.56 Å². The molecule has 1 N–H and O–H groups in total. The van der Waals surface area contributed by atoms with E-state index in [0.717, 1.165) is 6.07 Å². The van der Waals surface area contributed by atoms with Crippen LogP contribution in [0.15, 0.2) is 36.5 Å². The highest BCUT2D eigenvalue weighted by Crippen LogP contribution is 2.17. The Bertz CT molecular complexity index is 740. The van der Waals surface area contributed by atoms with E-state index in [2.05, 4.69) is 10.3 Å². The summed E-state index contributed by atoms with van der Waals surface area (Å²) in [7, 11) is 0. The minimum Gasteiger partial charge on any atom is -0.452 e. The van der Waals surface area contributed by atoms with E-state index >= 15 is 0 Å². The molecule has 2 rings (SSSR count). The van der Waals surface area contributed by atoms with Gasteiger partial charge in [0.25, 0.3) is 5.91 Å². The molecule has 0 aliphatic heterocycles. The van der Waals surface area contributed by atoms with Gasteiger partial charge in [-0.25, -0.2) is 14.2 Å². The van der Waals surface area contributed by atoms with Crippen LogP contribution in [0.2, 0.25) is 10.2 Å². The van der Waals surface area contributed by atoms with Gasteiger partial charge in [-0.2, -0.15) is 0 Å². The lowest BCUT2D eigenvalue weighted by atomic mass is 10.2. The second kappa shape index (κ2) is 7.89. The van der Waals surface area contributed by atoms with E-state index in [0.29, 0.717) is 5.56 Å². The zero-order valence-electron chi connectivity index (χ0n) is 11.7. The molecule has 23 heavy (non-hydrogen) atoms. The molecule has 0 radical (unpaired) electrons. The molecule has 0 atom stereocenters. The number of hydrogen-bond donors (Lipinski definition) is 1. The third-order valence-electron chi connectivity index (χ3n) is 2.80. The zero-order valence-corrected chi connectivity index (χ0v) is 13.2. The monoisotopic (exact) mass is 356 g/mol. The fourth-order valence-corrected chi connectivity index (χ4v) is 2.09. The topological polar surface area (TPSA) is 68.3 Å². The molecule has 0 fully saturated rings. The molecule has 0 aliphatic carbocycles. The number of nitrogens with zero attached hydrogens (tertiary/aromatic N) is 1. The summed E-state index contributed by atoms with van der Waals surface area (Å²) in [6.07, 6.45) is 1.43. The predicted molar refractivity (Wildman–Crippen MR) is 82.8 cm³/mol. The maximum atomic E-state index is 12.9. The average Bonchev–Trinajstić information content (AvgIpc) is 2.52. The number of benzene rings is 1. The minimum absolute atomic E-state index is 0.00370. The summed E-state index contributed by atoms with van der Waals surface area (Å²) in [5.41, 5.74) is 0.617. The number of hydrogen-bond acceptors (Lipinski definition) is 4. The van der Waals surface area contributed by atoms with Gasteiger partial charge in [-0.05, 0) is 29.8 Å². The van der Waals surface area contributed by atoms with Crippen LogP contribution in [0.3, 0.4) is 0 Å². The number of rotatable bonds is 5. The first-order valence-corrected chi connectivity index (χ1v) is 7.21. The van der Waals surface area contributed by atoms with E-state index in [1.165, 1.54) is 30.5 Å². The molecule has 0 aliphatic rings. The van der Waals surface area contributed by atoms with Crippen LogP contribution in [-0.4, -0.2) is 23.5 Å². The normalized spacial score (nSPS) is 10.2. The van der Waals surface area contributed by atoms with Crippen LogP contribution in [0.5, 0.6) is 0 Å². The Kier molecular flexibility index (Phi) is 5.90. The van der Waals surface area contributed by atoms with Crippen molar-refractivity contribution in [3.8, 4) is 0 Å². The maximum Gasteiger partial charge on any atom is 0.341 e. The summed E-state index contributed by atoms with van der Waals surface area (Å²) in [6.45, 7) is -0.397. The number of aromatic nitrogens is 1.